The number of carbonyl (C=O) groups is 2. The number of aromatic nitrogens is 1. The maximum Gasteiger partial charge on any atom is 0.317 e. The van der Waals surface area contributed by atoms with Gasteiger partial charge in [-0.25, -0.2) is 18.2 Å². The van der Waals surface area contributed by atoms with Gasteiger partial charge in [-0.15, -0.1) is 0 Å². The summed E-state index contributed by atoms with van der Waals surface area (Å²) < 4.78 is 30.2. The fraction of sp³-hybridized carbons (Fsp3) is 0.500. The molecular weight excluding hydrogens is 464 g/mol. The third kappa shape index (κ3) is 5.30. The molecule has 0 unspecified atom stereocenters. The van der Waals surface area contributed by atoms with Gasteiger partial charge in [0.2, 0.25) is 5.91 Å². The number of benzene rings is 1. The normalized spacial score (nSPS) is 19.2. The number of nitrogens with zero attached hydrogens (tertiary/aromatic N) is 2. The lowest BCUT2D eigenvalue weighted by atomic mass is 9.87. The molecule has 2 aromatic rings. The number of amides is 3. The molecule has 11 heteroatoms. The summed E-state index contributed by atoms with van der Waals surface area (Å²) in [5, 5.41) is 6.26. The number of hydrogen-bond acceptors (Lipinski definition) is 7. The van der Waals surface area contributed by atoms with Gasteiger partial charge in [0.25, 0.3) is 0 Å². The lowest BCUT2D eigenvalue weighted by Crippen LogP contribution is -2.36. The molecule has 0 radical (unpaired) electrons. The summed E-state index contributed by atoms with van der Waals surface area (Å²) in [6.07, 6.45) is 4.30. The van der Waals surface area contributed by atoms with Crippen LogP contribution in [-0.4, -0.2) is 62.7 Å². The van der Waals surface area contributed by atoms with E-state index in [0.717, 1.165) is 12.0 Å². The predicted octanol–water partition coefficient (Wildman–Crippen LogP) is 2.86. The number of hydrogen-bond donors (Lipinski definition) is 2. The van der Waals surface area contributed by atoms with Gasteiger partial charge >= 0.3 is 6.03 Å². The van der Waals surface area contributed by atoms with Crippen LogP contribution in [0, 0.1) is 5.92 Å². The van der Waals surface area contributed by atoms with Crippen molar-refractivity contribution in [3.8, 4) is 5.06 Å². The largest absolute Gasteiger partial charge is 0.486 e. The van der Waals surface area contributed by atoms with Crippen LogP contribution < -0.4 is 15.4 Å². The summed E-state index contributed by atoms with van der Waals surface area (Å²) in [7, 11) is -0.151. The molecule has 2 atom stereocenters. The Morgan fingerprint density at radius 3 is 2.58 bits per heavy atom. The van der Waals surface area contributed by atoms with E-state index in [1.54, 1.807) is 42.4 Å². The van der Waals surface area contributed by atoms with Crippen LogP contribution in [0.1, 0.15) is 37.2 Å². The second-order valence-corrected chi connectivity index (χ2v) is 11.7. The zero-order valence-corrected chi connectivity index (χ0v) is 20.2. The molecule has 0 bridgehead atoms. The van der Waals surface area contributed by atoms with Crippen molar-refractivity contribution in [1.29, 1.82) is 0 Å². The zero-order chi connectivity index (χ0) is 23.6. The zero-order valence-electron chi connectivity index (χ0n) is 18.6. The predicted molar refractivity (Wildman–Crippen MR) is 125 cm³/mol. The van der Waals surface area contributed by atoms with Gasteiger partial charge in [0.15, 0.2) is 20.0 Å². The molecule has 2 fully saturated rings. The second kappa shape index (κ2) is 9.68. The Bertz CT molecular complexity index is 1110. The van der Waals surface area contributed by atoms with Gasteiger partial charge in [0, 0.05) is 20.1 Å². The summed E-state index contributed by atoms with van der Waals surface area (Å²) in [5.41, 5.74) is 0.740. The molecule has 3 amide bonds. The van der Waals surface area contributed by atoms with Gasteiger partial charge in [-0.2, -0.15) is 0 Å². The average molecular weight is 493 g/mol. The van der Waals surface area contributed by atoms with Crippen molar-refractivity contribution in [3.63, 3.8) is 0 Å². The Labute approximate surface area is 197 Å². The number of urea groups is 1. The summed E-state index contributed by atoms with van der Waals surface area (Å²) in [5.74, 6) is -0.575. The van der Waals surface area contributed by atoms with Gasteiger partial charge in [0.05, 0.1) is 29.4 Å². The third-order valence-corrected chi connectivity index (χ3v) is 9.31. The first kappa shape index (κ1) is 23.5. The first-order valence-electron chi connectivity index (χ1n) is 10.9. The first-order chi connectivity index (χ1) is 15.8. The number of nitrogens with one attached hydrogen (secondary N) is 2. The molecule has 33 heavy (non-hydrogen) atoms. The molecule has 1 aliphatic carbocycles. The summed E-state index contributed by atoms with van der Waals surface area (Å²) in [6.45, 7) is 1.21. The van der Waals surface area contributed by atoms with Crippen molar-refractivity contribution < 1.29 is 22.7 Å². The summed E-state index contributed by atoms with van der Waals surface area (Å²) >= 11 is 1.23. The minimum absolute atomic E-state index is 0.122. The molecule has 4 rings (SSSR count). The monoisotopic (exact) mass is 492 g/mol. The Morgan fingerprint density at radius 1 is 1.24 bits per heavy atom. The number of methoxy groups -OCH3 is 1. The number of ether oxygens (including phenoxy) is 1. The van der Waals surface area contributed by atoms with Crippen LogP contribution in [0.5, 0.6) is 5.06 Å². The third-order valence-electron chi connectivity index (χ3n) is 6.16. The SMILES string of the molecule is CNC(=O)N1CC[C@H](C[C@@H](C(=O)Nc2ncc(OC)s2)c2ccc(S(=O)(=O)C3CC3)cc2)C1. The van der Waals surface area contributed by atoms with Crippen molar-refractivity contribution in [1.82, 2.24) is 15.2 Å². The Kier molecular flexibility index (Phi) is 6.89. The standard InChI is InChI=1S/C22H28N4O5S2/c1-23-22(28)26-10-9-14(13-26)11-18(20(27)25-21-24-12-19(31-2)32-21)15-3-5-16(6-4-15)33(29,30)17-7-8-17/h3-6,12,14,17-18H,7-11,13H2,1-2H3,(H,23,28)(H,24,25,27)/t14-,18-/m1/s1. The molecule has 9 nitrogen and oxygen atoms in total. The van der Waals surface area contributed by atoms with Crippen LogP contribution in [0.2, 0.25) is 0 Å². The Hall–Kier alpha value is -2.66. The molecule has 1 aromatic carbocycles. The number of likely N-dealkylation sites (tertiary alicyclic amines) is 1. The number of rotatable bonds is 8. The topological polar surface area (TPSA) is 118 Å². The van der Waals surface area contributed by atoms with Crippen molar-refractivity contribution in [2.45, 2.75) is 41.7 Å². The molecule has 1 saturated carbocycles. The number of sulfone groups is 1. The van der Waals surface area contributed by atoms with Crippen LogP contribution in [0.25, 0.3) is 0 Å². The molecule has 178 valence electrons. The van der Waals surface area contributed by atoms with Gasteiger partial charge in [0.1, 0.15) is 0 Å². The molecule has 1 aromatic heterocycles. The van der Waals surface area contributed by atoms with Crippen molar-refractivity contribution >= 4 is 38.2 Å². The van der Waals surface area contributed by atoms with Crippen LogP contribution in [0.4, 0.5) is 9.93 Å². The molecule has 0 spiro atoms. The number of anilines is 1. The lowest BCUT2D eigenvalue weighted by molar-refractivity contribution is -0.118. The van der Waals surface area contributed by atoms with Crippen molar-refractivity contribution in [2.75, 3.05) is 32.6 Å². The maximum absolute atomic E-state index is 13.3. The van der Waals surface area contributed by atoms with E-state index in [1.807, 2.05) is 0 Å². The minimum Gasteiger partial charge on any atom is -0.486 e. The highest BCUT2D eigenvalue weighted by Gasteiger charge is 2.37. The van der Waals surface area contributed by atoms with E-state index in [9.17, 15) is 18.0 Å². The van der Waals surface area contributed by atoms with Gasteiger partial charge in [-0.1, -0.05) is 23.5 Å². The van der Waals surface area contributed by atoms with Crippen LogP contribution in [0.15, 0.2) is 35.4 Å². The average Bonchev–Trinajstić information content (AvgIpc) is 3.43. The van der Waals surface area contributed by atoms with E-state index in [-0.39, 0.29) is 23.1 Å². The van der Waals surface area contributed by atoms with E-state index < -0.39 is 15.8 Å². The highest BCUT2D eigenvalue weighted by atomic mass is 32.2. The van der Waals surface area contributed by atoms with Crippen LogP contribution >= 0.6 is 11.3 Å². The minimum atomic E-state index is -3.29. The van der Waals surface area contributed by atoms with E-state index in [2.05, 4.69) is 15.6 Å². The van der Waals surface area contributed by atoms with E-state index >= 15 is 0 Å². The summed E-state index contributed by atoms with van der Waals surface area (Å²) in [4.78, 5) is 31.5. The molecule has 1 saturated heterocycles. The van der Waals surface area contributed by atoms with Crippen LogP contribution in [-0.2, 0) is 14.6 Å². The van der Waals surface area contributed by atoms with Gasteiger partial charge in [-0.05, 0) is 49.3 Å². The van der Waals surface area contributed by atoms with Gasteiger partial charge < -0.3 is 20.3 Å². The fourth-order valence-corrected chi connectivity index (χ4v) is 6.45. The smallest absolute Gasteiger partial charge is 0.317 e. The highest BCUT2D eigenvalue weighted by molar-refractivity contribution is 7.92. The van der Waals surface area contributed by atoms with Crippen LogP contribution in [0.3, 0.4) is 0 Å². The van der Waals surface area contributed by atoms with E-state index in [1.165, 1.54) is 18.4 Å². The first-order valence-corrected chi connectivity index (χ1v) is 13.3. The maximum atomic E-state index is 13.3. The summed E-state index contributed by atoms with van der Waals surface area (Å²) in [6, 6.07) is 6.53. The highest BCUT2D eigenvalue weighted by Crippen LogP contribution is 2.36. The number of thiazole rings is 1. The van der Waals surface area contributed by atoms with E-state index in [0.29, 0.717) is 47.4 Å². The molecule has 2 heterocycles. The molecule has 1 aliphatic heterocycles. The van der Waals surface area contributed by atoms with Crippen molar-refractivity contribution in [3.05, 3.63) is 36.0 Å². The van der Waals surface area contributed by atoms with Gasteiger partial charge in [-0.3, -0.25) is 4.79 Å². The Balaban J connectivity index is 1.54. The molecule has 2 aliphatic rings. The number of carbonyl (C=O) groups excluding carboxylic acids is 2. The van der Waals surface area contributed by atoms with Crippen molar-refractivity contribution in [2.24, 2.45) is 5.92 Å². The Morgan fingerprint density at radius 2 is 1.97 bits per heavy atom. The quantitative estimate of drug-likeness (QED) is 0.585. The lowest BCUT2D eigenvalue weighted by Gasteiger charge is -2.21. The van der Waals surface area contributed by atoms with E-state index in [4.69, 9.17) is 4.74 Å². The molecule has 2 N–H and O–H groups in total. The second-order valence-electron chi connectivity index (χ2n) is 8.44. The fourth-order valence-electron chi connectivity index (χ4n) is 4.16. The molecular formula is C22H28N4O5S2.